The third-order valence-corrected chi connectivity index (χ3v) is 4.55. The molecule has 1 saturated heterocycles. The van der Waals surface area contributed by atoms with E-state index in [0.29, 0.717) is 18.4 Å². The van der Waals surface area contributed by atoms with Crippen LogP contribution in [0, 0.1) is 5.82 Å². The van der Waals surface area contributed by atoms with Crippen LogP contribution in [0.25, 0.3) is 0 Å². The van der Waals surface area contributed by atoms with Gasteiger partial charge in [-0.2, -0.15) is 0 Å². The van der Waals surface area contributed by atoms with Crippen molar-refractivity contribution in [3.63, 3.8) is 0 Å². The van der Waals surface area contributed by atoms with Gasteiger partial charge in [0.15, 0.2) is 11.6 Å². The zero-order chi connectivity index (χ0) is 16.8. The first kappa shape index (κ1) is 16.9. The second-order valence-electron chi connectivity index (χ2n) is 6.50. The molecule has 0 unspecified atom stereocenters. The molecule has 0 aliphatic carbocycles. The van der Waals surface area contributed by atoms with Gasteiger partial charge in [0.1, 0.15) is 6.61 Å². The lowest BCUT2D eigenvalue weighted by atomic mass is 10.1. The Morgan fingerprint density at radius 1 is 1.08 bits per heavy atom. The first-order chi connectivity index (χ1) is 11.7. The highest BCUT2D eigenvalue weighted by atomic mass is 19.1. The van der Waals surface area contributed by atoms with E-state index in [1.165, 1.54) is 6.07 Å². The molecule has 0 bridgehead atoms. The summed E-state index contributed by atoms with van der Waals surface area (Å²) in [4.78, 5) is 2.35. The summed E-state index contributed by atoms with van der Waals surface area (Å²) < 4.78 is 19.6. The van der Waals surface area contributed by atoms with E-state index >= 15 is 0 Å². The van der Waals surface area contributed by atoms with Gasteiger partial charge in [-0.1, -0.05) is 36.4 Å². The van der Waals surface area contributed by atoms with Crippen molar-refractivity contribution in [1.82, 2.24) is 10.2 Å². The summed E-state index contributed by atoms with van der Waals surface area (Å²) >= 11 is 0. The van der Waals surface area contributed by atoms with E-state index in [9.17, 15) is 4.39 Å². The number of hydrogen-bond acceptors (Lipinski definition) is 3. The average molecular weight is 328 g/mol. The van der Waals surface area contributed by atoms with Crippen LogP contribution in [0.4, 0.5) is 4.39 Å². The lowest BCUT2D eigenvalue weighted by Crippen LogP contribution is -2.40. The van der Waals surface area contributed by atoms with Crippen molar-refractivity contribution in [2.24, 2.45) is 0 Å². The van der Waals surface area contributed by atoms with Gasteiger partial charge in [-0.05, 0) is 56.2 Å². The standard InChI is InChI=1S/C20H25FN2O/c1-23-11-9-18(10-12-23)22-14-17-7-8-19(21)20(13-17)24-15-16-5-3-2-4-6-16/h2-8,13,18,22H,9-12,14-15H2,1H3. The lowest BCUT2D eigenvalue weighted by molar-refractivity contribution is 0.234. The number of hydrogen-bond donors (Lipinski definition) is 1. The number of nitrogens with one attached hydrogen (secondary N) is 1. The molecule has 128 valence electrons. The summed E-state index contributed by atoms with van der Waals surface area (Å²) in [7, 11) is 2.16. The summed E-state index contributed by atoms with van der Waals surface area (Å²) in [6.45, 7) is 3.39. The molecule has 0 spiro atoms. The highest BCUT2D eigenvalue weighted by Crippen LogP contribution is 2.20. The molecule has 3 nitrogen and oxygen atoms in total. The van der Waals surface area contributed by atoms with Gasteiger partial charge in [0.05, 0.1) is 0 Å². The van der Waals surface area contributed by atoms with E-state index < -0.39 is 0 Å². The van der Waals surface area contributed by atoms with Crippen molar-refractivity contribution in [2.75, 3.05) is 20.1 Å². The molecule has 1 aliphatic rings. The van der Waals surface area contributed by atoms with E-state index in [0.717, 1.165) is 43.6 Å². The molecule has 4 heteroatoms. The number of likely N-dealkylation sites (tertiary alicyclic amines) is 1. The molecule has 2 aromatic rings. The van der Waals surface area contributed by atoms with Crippen molar-refractivity contribution < 1.29 is 9.13 Å². The largest absolute Gasteiger partial charge is 0.486 e. The molecule has 1 heterocycles. The van der Waals surface area contributed by atoms with Gasteiger partial charge in [0.25, 0.3) is 0 Å². The van der Waals surface area contributed by atoms with Gasteiger partial charge >= 0.3 is 0 Å². The molecular formula is C20H25FN2O. The Kier molecular flexibility index (Phi) is 5.83. The molecule has 1 aliphatic heterocycles. The van der Waals surface area contributed by atoms with Gasteiger partial charge in [0.2, 0.25) is 0 Å². The van der Waals surface area contributed by atoms with Crippen molar-refractivity contribution in [3.8, 4) is 5.75 Å². The molecule has 1 N–H and O–H groups in total. The maximum Gasteiger partial charge on any atom is 0.165 e. The summed E-state index contributed by atoms with van der Waals surface area (Å²) in [5, 5.41) is 3.57. The lowest BCUT2D eigenvalue weighted by Gasteiger charge is -2.29. The van der Waals surface area contributed by atoms with E-state index in [2.05, 4.69) is 17.3 Å². The van der Waals surface area contributed by atoms with Crippen LogP contribution in [0.5, 0.6) is 5.75 Å². The number of rotatable bonds is 6. The molecule has 1 fully saturated rings. The van der Waals surface area contributed by atoms with Crippen LogP contribution < -0.4 is 10.1 Å². The summed E-state index contributed by atoms with van der Waals surface area (Å²) in [5.41, 5.74) is 2.09. The fourth-order valence-corrected chi connectivity index (χ4v) is 2.98. The topological polar surface area (TPSA) is 24.5 Å². The van der Waals surface area contributed by atoms with Crippen molar-refractivity contribution >= 4 is 0 Å². The Morgan fingerprint density at radius 3 is 2.58 bits per heavy atom. The summed E-state index contributed by atoms with van der Waals surface area (Å²) in [6, 6.07) is 15.5. The summed E-state index contributed by atoms with van der Waals surface area (Å²) in [6.07, 6.45) is 2.32. The van der Waals surface area contributed by atoms with Crippen LogP contribution in [0.2, 0.25) is 0 Å². The molecule has 0 amide bonds. The average Bonchev–Trinajstić information content (AvgIpc) is 2.62. The predicted molar refractivity (Wildman–Crippen MR) is 94.5 cm³/mol. The Morgan fingerprint density at radius 2 is 1.83 bits per heavy atom. The first-order valence-electron chi connectivity index (χ1n) is 8.58. The number of piperidine rings is 1. The molecule has 0 radical (unpaired) electrons. The van der Waals surface area contributed by atoms with Gasteiger partial charge in [-0.15, -0.1) is 0 Å². The van der Waals surface area contributed by atoms with Crippen LogP contribution >= 0.6 is 0 Å². The number of halogens is 1. The van der Waals surface area contributed by atoms with E-state index in [1.54, 1.807) is 6.07 Å². The SMILES string of the molecule is CN1CCC(NCc2ccc(F)c(OCc3ccccc3)c2)CC1. The van der Waals surface area contributed by atoms with Crippen LogP contribution in [0.15, 0.2) is 48.5 Å². The molecule has 0 atom stereocenters. The molecular weight excluding hydrogens is 303 g/mol. The zero-order valence-electron chi connectivity index (χ0n) is 14.2. The third kappa shape index (κ3) is 4.79. The van der Waals surface area contributed by atoms with Crippen LogP contribution in [0.1, 0.15) is 24.0 Å². The molecule has 0 saturated carbocycles. The molecule has 2 aromatic carbocycles. The summed E-state index contributed by atoms with van der Waals surface area (Å²) in [5.74, 6) is 0.00972. The maximum atomic E-state index is 14.0. The quantitative estimate of drug-likeness (QED) is 0.877. The number of ether oxygens (including phenoxy) is 1. The maximum absolute atomic E-state index is 14.0. The van der Waals surface area contributed by atoms with Crippen molar-refractivity contribution in [3.05, 3.63) is 65.5 Å². The highest BCUT2D eigenvalue weighted by Gasteiger charge is 2.16. The molecule has 0 aromatic heterocycles. The minimum Gasteiger partial charge on any atom is -0.486 e. The first-order valence-corrected chi connectivity index (χ1v) is 8.58. The normalized spacial score (nSPS) is 16.2. The van der Waals surface area contributed by atoms with Crippen molar-refractivity contribution in [1.29, 1.82) is 0 Å². The Balaban J connectivity index is 1.55. The van der Waals surface area contributed by atoms with Crippen LogP contribution in [0.3, 0.4) is 0 Å². The van der Waals surface area contributed by atoms with Crippen LogP contribution in [-0.4, -0.2) is 31.1 Å². The van der Waals surface area contributed by atoms with Gasteiger partial charge in [-0.3, -0.25) is 0 Å². The van der Waals surface area contributed by atoms with Gasteiger partial charge in [0, 0.05) is 12.6 Å². The van der Waals surface area contributed by atoms with E-state index in [4.69, 9.17) is 4.74 Å². The molecule has 24 heavy (non-hydrogen) atoms. The van der Waals surface area contributed by atoms with Crippen molar-refractivity contribution in [2.45, 2.75) is 32.0 Å². The zero-order valence-corrected chi connectivity index (χ0v) is 14.2. The second-order valence-corrected chi connectivity index (χ2v) is 6.50. The monoisotopic (exact) mass is 328 g/mol. The smallest absolute Gasteiger partial charge is 0.165 e. The highest BCUT2D eigenvalue weighted by molar-refractivity contribution is 5.30. The van der Waals surface area contributed by atoms with Gasteiger partial charge in [-0.25, -0.2) is 4.39 Å². The molecule has 3 rings (SSSR count). The third-order valence-electron chi connectivity index (χ3n) is 4.55. The Labute approximate surface area is 143 Å². The Hall–Kier alpha value is -1.91. The number of benzene rings is 2. The minimum absolute atomic E-state index is 0.311. The minimum atomic E-state index is -0.311. The van der Waals surface area contributed by atoms with E-state index in [1.807, 2.05) is 36.4 Å². The number of nitrogens with zero attached hydrogens (tertiary/aromatic N) is 1. The second kappa shape index (κ2) is 8.27. The van der Waals surface area contributed by atoms with E-state index in [-0.39, 0.29) is 5.82 Å². The predicted octanol–water partition coefficient (Wildman–Crippen LogP) is 3.59. The fraction of sp³-hybridized carbons (Fsp3) is 0.400. The Bertz CT molecular complexity index is 639. The van der Waals surface area contributed by atoms with Crippen LogP contribution in [-0.2, 0) is 13.2 Å². The van der Waals surface area contributed by atoms with Gasteiger partial charge < -0.3 is 15.0 Å². The fourth-order valence-electron chi connectivity index (χ4n) is 2.98.